The van der Waals surface area contributed by atoms with Crippen LogP contribution in [0.5, 0.6) is 0 Å². The minimum atomic E-state index is 0.0618. The molecular weight excluding hydrogens is 220 g/mol. The third kappa shape index (κ3) is 1.94. The third-order valence-electron chi connectivity index (χ3n) is 2.87. The maximum Gasteiger partial charge on any atom is 0.256 e. The van der Waals surface area contributed by atoms with Crippen molar-refractivity contribution in [3.63, 3.8) is 0 Å². The quantitative estimate of drug-likeness (QED) is 0.817. The summed E-state index contributed by atoms with van der Waals surface area (Å²) in [6.45, 7) is 8.15. The van der Waals surface area contributed by atoms with Gasteiger partial charge in [-0.1, -0.05) is 20.8 Å². The zero-order valence-electron chi connectivity index (χ0n) is 10.0. The number of nitrogens with two attached hydrogens (primary N) is 1. The second-order valence-corrected chi connectivity index (χ2v) is 6.37. The van der Waals surface area contributed by atoms with Crippen LogP contribution in [-0.4, -0.2) is 23.9 Å². The van der Waals surface area contributed by atoms with E-state index in [1.807, 2.05) is 11.0 Å². The first kappa shape index (κ1) is 11.5. The lowest BCUT2D eigenvalue weighted by Crippen LogP contribution is -2.42. The highest BCUT2D eigenvalue weighted by Crippen LogP contribution is 2.35. The summed E-state index contributed by atoms with van der Waals surface area (Å²) in [7, 11) is 0. The van der Waals surface area contributed by atoms with Gasteiger partial charge in [-0.2, -0.15) is 0 Å². The van der Waals surface area contributed by atoms with Gasteiger partial charge in [0.25, 0.3) is 5.91 Å². The normalized spacial score (nSPS) is 16.1. The Morgan fingerprint density at radius 3 is 2.44 bits per heavy atom. The SMILES string of the molecule is CC(C)(C)c1cc(C(=O)N2CCC2)c(N)s1. The predicted molar refractivity (Wildman–Crippen MR) is 68.0 cm³/mol. The van der Waals surface area contributed by atoms with Gasteiger partial charge in [0.1, 0.15) is 0 Å². The fourth-order valence-corrected chi connectivity index (χ4v) is 2.61. The lowest BCUT2D eigenvalue weighted by molar-refractivity contribution is 0.0653. The van der Waals surface area contributed by atoms with Crippen LogP contribution in [-0.2, 0) is 5.41 Å². The van der Waals surface area contributed by atoms with E-state index < -0.39 is 0 Å². The van der Waals surface area contributed by atoms with Crippen molar-refractivity contribution < 1.29 is 4.79 Å². The zero-order valence-corrected chi connectivity index (χ0v) is 10.9. The molecule has 4 heteroatoms. The molecule has 3 nitrogen and oxygen atoms in total. The Kier molecular flexibility index (Phi) is 2.70. The first-order valence-electron chi connectivity index (χ1n) is 5.58. The van der Waals surface area contributed by atoms with E-state index in [4.69, 9.17) is 5.73 Å². The zero-order chi connectivity index (χ0) is 11.9. The summed E-state index contributed by atoms with van der Waals surface area (Å²) in [6.07, 6.45) is 1.11. The second kappa shape index (κ2) is 3.77. The summed E-state index contributed by atoms with van der Waals surface area (Å²) >= 11 is 1.53. The lowest BCUT2D eigenvalue weighted by Gasteiger charge is -2.30. The molecule has 1 aliphatic rings. The Morgan fingerprint density at radius 1 is 1.44 bits per heavy atom. The number of nitrogens with zero attached hydrogens (tertiary/aromatic N) is 1. The molecule has 0 saturated carbocycles. The van der Waals surface area contributed by atoms with E-state index in [-0.39, 0.29) is 11.3 Å². The van der Waals surface area contributed by atoms with Gasteiger partial charge in [0.05, 0.1) is 10.6 Å². The van der Waals surface area contributed by atoms with Crippen molar-refractivity contribution in [1.29, 1.82) is 0 Å². The molecule has 0 spiro atoms. The lowest BCUT2D eigenvalue weighted by atomic mass is 9.94. The number of carbonyl (C=O) groups excluding carboxylic acids is 1. The van der Waals surface area contributed by atoms with E-state index in [1.165, 1.54) is 16.2 Å². The van der Waals surface area contributed by atoms with E-state index in [2.05, 4.69) is 20.8 Å². The van der Waals surface area contributed by atoms with E-state index in [0.717, 1.165) is 19.5 Å². The average molecular weight is 238 g/mol. The second-order valence-electron chi connectivity index (χ2n) is 5.28. The minimum absolute atomic E-state index is 0.0618. The number of rotatable bonds is 1. The summed E-state index contributed by atoms with van der Waals surface area (Å²) < 4.78 is 0. The van der Waals surface area contributed by atoms with Crippen molar-refractivity contribution in [1.82, 2.24) is 4.90 Å². The largest absolute Gasteiger partial charge is 0.390 e. The number of carbonyl (C=O) groups is 1. The number of thiophene rings is 1. The molecule has 1 aromatic heterocycles. The van der Waals surface area contributed by atoms with E-state index in [0.29, 0.717) is 10.6 Å². The van der Waals surface area contributed by atoms with Crippen LogP contribution in [0, 0.1) is 0 Å². The third-order valence-corrected chi connectivity index (χ3v) is 4.26. The van der Waals surface area contributed by atoms with Crippen molar-refractivity contribution >= 4 is 22.2 Å². The smallest absolute Gasteiger partial charge is 0.256 e. The number of hydrogen-bond acceptors (Lipinski definition) is 3. The van der Waals surface area contributed by atoms with Gasteiger partial charge in [0, 0.05) is 18.0 Å². The summed E-state index contributed by atoms with van der Waals surface area (Å²) in [6, 6.07) is 1.96. The molecule has 2 rings (SSSR count). The van der Waals surface area contributed by atoms with Crippen molar-refractivity contribution in [3.8, 4) is 0 Å². The van der Waals surface area contributed by atoms with Crippen molar-refractivity contribution in [2.75, 3.05) is 18.8 Å². The van der Waals surface area contributed by atoms with Gasteiger partial charge in [0.2, 0.25) is 0 Å². The number of amides is 1. The fourth-order valence-electron chi connectivity index (χ4n) is 1.63. The Labute approximate surface area is 100 Å². The first-order chi connectivity index (χ1) is 7.39. The number of nitrogen functional groups attached to an aromatic ring is 1. The van der Waals surface area contributed by atoms with Crippen molar-refractivity contribution in [3.05, 3.63) is 16.5 Å². The highest BCUT2D eigenvalue weighted by atomic mass is 32.1. The molecule has 1 saturated heterocycles. The predicted octanol–water partition coefficient (Wildman–Crippen LogP) is 2.47. The highest BCUT2D eigenvalue weighted by molar-refractivity contribution is 7.16. The van der Waals surface area contributed by atoms with Gasteiger partial charge in [0.15, 0.2) is 0 Å². The highest BCUT2D eigenvalue weighted by Gasteiger charge is 2.27. The monoisotopic (exact) mass is 238 g/mol. The van der Waals surface area contributed by atoms with E-state index >= 15 is 0 Å². The summed E-state index contributed by atoms with van der Waals surface area (Å²) in [5.74, 6) is 0.0931. The Morgan fingerprint density at radius 2 is 2.06 bits per heavy atom. The molecule has 0 bridgehead atoms. The molecule has 88 valence electrons. The molecular formula is C12H18N2OS. The molecule has 0 aromatic carbocycles. The molecule has 1 fully saturated rings. The molecule has 1 aliphatic heterocycles. The summed E-state index contributed by atoms with van der Waals surface area (Å²) in [4.78, 5) is 15.1. The Balaban J connectivity index is 2.27. The van der Waals surface area contributed by atoms with Crippen LogP contribution in [0.1, 0.15) is 42.4 Å². The van der Waals surface area contributed by atoms with Gasteiger partial charge >= 0.3 is 0 Å². The molecule has 1 amide bonds. The molecule has 0 unspecified atom stereocenters. The summed E-state index contributed by atoms with van der Waals surface area (Å²) in [5, 5.41) is 0.654. The van der Waals surface area contributed by atoms with Gasteiger partial charge in [-0.25, -0.2) is 0 Å². The van der Waals surface area contributed by atoms with Crippen LogP contribution >= 0.6 is 11.3 Å². The van der Waals surface area contributed by atoms with Crippen LogP contribution in [0.25, 0.3) is 0 Å². The van der Waals surface area contributed by atoms with Gasteiger partial charge in [-0.05, 0) is 17.9 Å². The molecule has 2 heterocycles. The van der Waals surface area contributed by atoms with Crippen LogP contribution < -0.4 is 5.73 Å². The van der Waals surface area contributed by atoms with Crippen LogP contribution in [0.3, 0.4) is 0 Å². The van der Waals surface area contributed by atoms with Gasteiger partial charge in [-0.15, -0.1) is 11.3 Å². The standard InChI is InChI=1S/C12H18N2OS/c1-12(2,3)9-7-8(10(13)16-9)11(15)14-5-4-6-14/h7H,4-6,13H2,1-3H3. The number of likely N-dealkylation sites (tertiary alicyclic amines) is 1. The molecule has 16 heavy (non-hydrogen) atoms. The van der Waals surface area contributed by atoms with E-state index in [9.17, 15) is 4.79 Å². The van der Waals surface area contributed by atoms with Crippen LogP contribution in [0.4, 0.5) is 5.00 Å². The van der Waals surface area contributed by atoms with Crippen molar-refractivity contribution in [2.45, 2.75) is 32.6 Å². The molecule has 0 radical (unpaired) electrons. The van der Waals surface area contributed by atoms with Crippen LogP contribution in [0.15, 0.2) is 6.07 Å². The number of hydrogen-bond donors (Lipinski definition) is 1. The molecule has 1 aromatic rings. The first-order valence-corrected chi connectivity index (χ1v) is 6.40. The fraction of sp³-hybridized carbons (Fsp3) is 0.583. The molecule has 2 N–H and O–H groups in total. The van der Waals surface area contributed by atoms with Gasteiger partial charge in [-0.3, -0.25) is 4.79 Å². The van der Waals surface area contributed by atoms with Crippen LogP contribution in [0.2, 0.25) is 0 Å². The summed E-state index contributed by atoms with van der Waals surface area (Å²) in [5.41, 5.74) is 6.68. The van der Waals surface area contributed by atoms with E-state index in [1.54, 1.807) is 0 Å². The molecule has 0 aliphatic carbocycles. The number of anilines is 1. The Hall–Kier alpha value is -1.03. The average Bonchev–Trinajstić information content (AvgIpc) is 2.42. The van der Waals surface area contributed by atoms with Crippen molar-refractivity contribution in [2.24, 2.45) is 0 Å². The van der Waals surface area contributed by atoms with Gasteiger partial charge < -0.3 is 10.6 Å². The minimum Gasteiger partial charge on any atom is -0.390 e. The Bertz CT molecular complexity index is 413. The molecule has 0 atom stereocenters. The topological polar surface area (TPSA) is 46.3 Å². The maximum absolute atomic E-state index is 12.0. The maximum atomic E-state index is 12.0.